The molecule has 0 radical (unpaired) electrons. The van der Waals surface area contributed by atoms with Crippen molar-refractivity contribution in [1.29, 1.82) is 0 Å². The Morgan fingerprint density at radius 1 is 1.30 bits per heavy atom. The Bertz CT molecular complexity index is 994. The second-order valence-corrected chi connectivity index (χ2v) is 5.91. The van der Waals surface area contributed by atoms with Gasteiger partial charge in [-0.05, 0) is 43.3 Å². The van der Waals surface area contributed by atoms with E-state index in [4.69, 9.17) is 9.15 Å². The third-order valence-electron chi connectivity index (χ3n) is 3.76. The molecule has 7 nitrogen and oxygen atoms in total. The second kappa shape index (κ2) is 7.96. The molecular weight excluding hydrogens is 355 g/mol. The number of aliphatic hydroxyl groups excluding tert-OH is 1. The summed E-state index contributed by atoms with van der Waals surface area (Å²) in [4.78, 5) is 23.2. The van der Waals surface area contributed by atoms with E-state index in [0.717, 1.165) is 4.68 Å². The van der Waals surface area contributed by atoms with Crippen molar-refractivity contribution >= 4 is 5.78 Å². The molecule has 0 saturated heterocycles. The average molecular weight is 372 g/mol. The van der Waals surface area contributed by atoms with Gasteiger partial charge in [-0.25, -0.2) is 9.18 Å². The standard InChI is InChI=1S/C19H17FN2O5/c1-12(23)14-3-2-4-17(9-14)26-11-16(24)10-22-19(25)27-18(21-22)13-5-7-15(20)8-6-13/h2-9,16,24H,10-11H2,1H3. The van der Waals surface area contributed by atoms with Crippen molar-refractivity contribution in [3.8, 4) is 17.2 Å². The van der Waals surface area contributed by atoms with Gasteiger partial charge in [-0.1, -0.05) is 12.1 Å². The molecule has 1 N–H and O–H groups in total. The number of Topliss-reactive ketones (excluding diaryl/α,β-unsaturated/α-hetero) is 1. The van der Waals surface area contributed by atoms with Gasteiger partial charge in [0.2, 0.25) is 5.89 Å². The maximum atomic E-state index is 13.0. The molecule has 27 heavy (non-hydrogen) atoms. The van der Waals surface area contributed by atoms with Crippen LogP contribution in [0, 0.1) is 5.82 Å². The van der Waals surface area contributed by atoms with Gasteiger partial charge in [-0.3, -0.25) is 4.79 Å². The molecule has 1 atom stereocenters. The summed E-state index contributed by atoms with van der Waals surface area (Å²) in [5.41, 5.74) is 0.942. The van der Waals surface area contributed by atoms with E-state index < -0.39 is 17.7 Å². The van der Waals surface area contributed by atoms with Crippen LogP contribution in [-0.2, 0) is 6.54 Å². The summed E-state index contributed by atoms with van der Waals surface area (Å²) in [6.07, 6.45) is -1.03. The number of halogens is 1. The highest BCUT2D eigenvalue weighted by Crippen LogP contribution is 2.16. The molecule has 3 aromatic rings. The number of hydrogen-bond acceptors (Lipinski definition) is 6. The summed E-state index contributed by atoms with van der Waals surface area (Å²) in [5.74, 6) is -0.791. The first kappa shape index (κ1) is 18.5. The number of carbonyl (C=O) groups excluding carboxylic acids is 1. The summed E-state index contributed by atoms with van der Waals surface area (Å²) in [7, 11) is 0. The summed E-state index contributed by atoms with van der Waals surface area (Å²) in [6, 6.07) is 11.9. The minimum Gasteiger partial charge on any atom is -0.491 e. The number of ketones is 1. The van der Waals surface area contributed by atoms with Crippen LogP contribution in [-0.4, -0.2) is 33.4 Å². The Kier molecular flexibility index (Phi) is 5.46. The molecular formula is C19H17FN2O5. The first-order valence-electron chi connectivity index (χ1n) is 8.18. The zero-order chi connectivity index (χ0) is 19.4. The van der Waals surface area contributed by atoms with Gasteiger partial charge in [-0.2, -0.15) is 4.68 Å². The summed E-state index contributed by atoms with van der Waals surface area (Å²) >= 11 is 0. The molecule has 0 amide bonds. The molecule has 1 heterocycles. The molecule has 0 aliphatic heterocycles. The first-order chi connectivity index (χ1) is 12.9. The Labute approximate surface area is 153 Å². The predicted molar refractivity (Wildman–Crippen MR) is 94.1 cm³/mol. The SMILES string of the molecule is CC(=O)c1cccc(OCC(O)Cn2nc(-c3ccc(F)cc3)oc2=O)c1. The zero-order valence-corrected chi connectivity index (χ0v) is 14.5. The highest BCUT2D eigenvalue weighted by atomic mass is 19.1. The number of aromatic nitrogens is 2. The van der Waals surface area contributed by atoms with Crippen molar-refractivity contribution < 1.29 is 23.4 Å². The monoisotopic (exact) mass is 372 g/mol. The molecule has 0 fully saturated rings. The van der Waals surface area contributed by atoms with Crippen LogP contribution in [0.3, 0.4) is 0 Å². The van der Waals surface area contributed by atoms with Crippen molar-refractivity contribution in [1.82, 2.24) is 9.78 Å². The van der Waals surface area contributed by atoms with Gasteiger partial charge in [-0.15, -0.1) is 5.10 Å². The third kappa shape index (κ3) is 4.68. The minimum atomic E-state index is -1.03. The van der Waals surface area contributed by atoms with Crippen LogP contribution in [0.25, 0.3) is 11.5 Å². The molecule has 0 spiro atoms. The van der Waals surface area contributed by atoms with Crippen molar-refractivity contribution in [2.75, 3.05) is 6.61 Å². The lowest BCUT2D eigenvalue weighted by atomic mass is 10.1. The maximum Gasteiger partial charge on any atom is 0.437 e. The quantitative estimate of drug-likeness (QED) is 0.640. The Morgan fingerprint density at radius 3 is 2.74 bits per heavy atom. The van der Waals surface area contributed by atoms with E-state index in [9.17, 15) is 19.1 Å². The van der Waals surface area contributed by atoms with E-state index >= 15 is 0 Å². The molecule has 1 aromatic heterocycles. The fraction of sp³-hybridized carbons (Fsp3) is 0.211. The van der Waals surface area contributed by atoms with Gasteiger partial charge in [0.1, 0.15) is 24.3 Å². The number of rotatable bonds is 7. The van der Waals surface area contributed by atoms with E-state index in [2.05, 4.69) is 5.10 Å². The Morgan fingerprint density at radius 2 is 2.04 bits per heavy atom. The molecule has 1 unspecified atom stereocenters. The predicted octanol–water partition coefficient (Wildman–Crippen LogP) is 2.28. The van der Waals surface area contributed by atoms with Crippen LogP contribution in [0.1, 0.15) is 17.3 Å². The topological polar surface area (TPSA) is 94.6 Å². The molecule has 2 aromatic carbocycles. The molecule has 0 bridgehead atoms. The third-order valence-corrected chi connectivity index (χ3v) is 3.76. The van der Waals surface area contributed by atoms with Crippen molar-refractivity contribution in [3.63, 3.8) is 0 Å². The van der Waals surface area contributed by atoms with Crippen molar-refractivity contribution in [2.24, 2.45) is 0 Å². The summed E-state index contributed by atoms with van der Waals surface area (Å²) in [5, 5.41) is 14.1. The summed E-state index contributed by atoms with van der Waals surface area (Å²) < 4.78 is 24.4. The molecule has 0 saturated carbocycles. The largest absolute Gasteiger partial charge is 0.491 e. The fourth-order valence-electron chi connectivity index (χ4n) is 2.38. The average Bonchev–Trinajstić information content (AvgIpc) is 3.01. The van der Waals surface area contributed by atoms with Crippen molar-refractivity contribution in [2.45, 2.75) is 19.6 Å². The number of aliphatic hydroxyl groups is 1. The number of nitrogens with zero attached hydrogens (tertiary/aromatic N) is 2. The lowest BCUT2D eigenvalue weighted by molar-refractivity contribution is 0.0874. The molecule has 3 rings (SSSR count). The van der Waals surface area contributed by atoms with Crippen LogP contribution < -0.4 is 10.5 Å². The molecule has 0 aliphatic rings. The Hall–Kier alpha value is -3.26. The normalized spacial score (nSPS) is 12.0. The fourth-order valence-corrected chi connectivity index (χ4v) is 2.38. The highest BCUT2D eigenvalue weighted by molar-refractivity contribution is 5.94. The van der Waals surface area contributed by atoms with Gasteiger partial charge in [0.25, 0.3) is 0 Å². The summed E-state index contributed by atoms with van der Waals surface area (Å²) in [6.45, 7) is 1.20. The van der Waals surface area contributed by atoms with E-state index in [1.165, 1.54) is 31.2 Å². The van der Waals surface area contributed by atoms with Crippen LogP contribution >= 0.6 is 0 Å². The first-order valence-corrected chi connectivity index (χ1v) is 8.18. The van der Waals surface area contributed by atoms with E-state index in [1.807, 2.05) is 0 Å². The zero-order valence-electron chi connectivity index (χ0n) is 14.5. The van der Waals surface area contributed by atoms with Gasteiger partial charge in [0.15, 0.2) is 5.78 Å². The van der Waals surface area contributed by atoms with Gasteiger partial charge < -0.3 is 14.3 Å². The van der Waals surface area contributed by atoms with Gasteiger partial charge in [0, 0.05) is 11.1 Å². The van der Waals surface area contributed by atoms with E-state index in [1.54, 1.807) is 24.3 Å². The number of benzene rings is 2. The van der Waals surface area contributed by atoms with Gasteiger partial charge in [0.05, 0.1) is 6.54 Å². The van der Waals surface area contributed by atoms with Crippen molar-refractivity contribution in [3.05, 3.63) is 70.5 Å². The second-order valence-electron chi connectivity index (χ2n) is 5.91. The van der Waals surface area contributed by atoms with Crippen LogP contribution in [0.4, 0.5) is 4.39 Å². The molecule has 140 valence electrons. The maximum absolute atomic E-state index is 13.0. The van der Waals surface area contributed by atoms with Crippen LogP contribution in [0.15, 0.2) is 57.7 Å². The van der Waals surface area contributed by atoms with Crippen LogP contribution in [0.2, 0.25) is 0 Å². The molecule has 0 aliphatic carbocycles. The smallest absolute Gasteiger partial charge is 0.437 e. The van der Waals surface area contributed by atoms with E-state index in [-0.39, 0.29) is 24.8 Å². The lowest BCUT2D eigenvalue weighted by Gasteiger charge is -2.12. The number of carbonyl (C=O) groups is 1. The highest BCUT2D eigenvalue weighted by Gasteiger charge is 2.15. The number of hydrogen-bond donors (Lipinski definition) is 1. The number of ether oxygens (including phenoxy) is 1. The van der Waals surface area contributed by atoms with Crippen LogP contribution in [0.5, 0.6) is 5.75 Å². The lowest BCUT2D eigenvalue weighted by Crippen LogP contribution is -2.29. The van der Waals surface area contributed by atoms with E-state index in [0.29, 0.717) is 16.9 Å². The Balaban J connectivity index is 1.63. The minimum absolute atomic E-state index is 0.0299. The molecule has 8 heteroatoms. The van der Waals surface area contributed by atoms with Gasteiger partial charge >= 0.3 is 5.76 Å².